The van der Waals surface area contributed by atoms with E-state index in [-0.39, 0.29) is 31.0 Å². The number of amides is 1. The zero-order valence-electron chi connectivity index (χ0n) is 10.5. The summed E-state index contributed by atoms with van der Waals surface area (Å²) in [6, 6.07) is 0. The Kier molecular flexibility index (Phi) is 5.36. The molecule has 5 heteroatoms. The van der Waals surface area contributed by atoms with Crippen LogP contribution in [0.1, 0.15) is 32.6 Å². The van der Waals surface area contributed by atoms with Crippen LogP contribution >= 0.6 is 0 Å². The highest BCUT2D eigenvalue weighted by Crippen LogP contribution is 2.31. The third kappa shape index (κ3) is 3.18. The second-order valence-electron chi connectivity index (χ2n) is 4.97. The van der Waals surface area contributed by atoms with Gasteiger partial charge in [0.25, 0.3) is 0 Å². The van der Waals surface area contributed by atoms with Crippen molar-refractivity contribution in [2.45, 2.75) is 38.1 Å². The van der Waals surface area contributed by atoms with Gasteiger partial charge in [0.1, 0.15) is 0 Å². The van der Waals surface area contributed by atoms with E-state index in [1.165, 1.54) is 0 Å². The Morgan fingerprint density at radius 1 is 1.41 bits per heavy atom. The number of carbonyl (C=O) groups is 1. The average Bonchev–Trinajstić information content (AvgIpc) is 2.84. The van der Waals surface area contributed by atoms with Crippen molar-refractivity contribution in [3.8, 4) is 0 Å². The van der Waals surface area contributed by atoms with Gasteiger partial charge >= 0.3 is 0 Å². The predicted molar refractivity (Wildman–Crippen MR) is 65.2 cm³/mol. The smallest absolute Gasteiger partial charge is 0.224 e. The van der Waals surface area contributed by atoms with Crippen LogP contribution in [0.15, 0.2) is 0 Å². The zero-order chi connectivity index (χ0) is 12.9. The maximum Gasteiger partial charge on any atom is 0.224 e. The van der Waals surface area contributed by atoms with E-state index in [1.807, 2.05) is 6.92 Å². The third-order valence-corrected chi connectivity index (χ3v) is 3.97. The van der Waals surface area contributed by atoms with Crippen LogP contribution in [-0.4, -0.2) is 41.4 Å². The zero-order valence-corrected chi connectivity index (χ0v) is 10.5. The van der Waals surface area contributed by atoms with Crippen LogP contribution in [0.4, 0.5) is 0 Å². The fraction of sp³-hybridized carbons (Fsp3) is 0.917. The molecule has 100 valence electrons. The van der Waals surface area contributed by atoms with Gasteiger partial charge in [0.2, 0.25) is 5.91 Å². The lowest BCUT2D eigenvalue weighted by Crippen LogP contribution is -2.55. The van der Waals surface area contributed by atoms with Crippen molar-refractivity contribution in [3.05, 3.63) is 0 Å². The van der Waals surface area contributed by atoms with E-state index in [2.05, 4.69) is 5.32 Å². The van der Waals surface area contributed by atoms with Crippen LogP contribution in [0.5, 0.6) is 0 Å². The summed E-state index contributed by atoms with van der Waals surface area (Å²) in [5, 5.41) is 21.4. The maximum absolute atomic E-state index is 12.1. The van der Waals surface area contributed by atoms with Crippen LogP contribution < -0.4 is 11.1 Å². The lowest BCUT2D eigenvalue weighted by atomic mass is 9.92. The molecule has 0 spiro atoms. The SMILES string of the molecule is CCC(CO)(CO)NC(=O)C1CCCC1CN. The van der Waals surface area contributed by atoms with Crippen molar-refractivity contribution in [3.63, 3.8) is 0 Å². The first-order chi connectivity index (χ1) is 8.12. The number of rotatable bonds is 6. The predicted octanol–water partition coefficient (Wildman–Crippen LogP) is -0.389. The molecule has 1 fully saturated rings. The van der Waals surface area contributed by atoms with Crippen LogP contribution in [-0.2, 0) is 4.79 Å². The number of nitrogens with one attached hydrogen (secondary N) is 1. The van der Waals surface area contributed by atoms with Crippen molar-refractivity contribution >= 4 is 5.91 Å². The molecular weight excluding hydrogens is 220 g/mol. The molecule has 0 aromatic carbocycles. The molecule has 5 N–H and O–H groups in total. The van der Waals surface area contributed by atoms with E-state index < -0.39 is 5.54 Å². The summed E-state index contributed by atoms with van der Waals surface area (Å²) in [6.45, 7) is 1.87. The molecule has 1 aliphatic rings. The van der Waals surface area contributed by atoms with E-state index in [0.717, 1.165) is 19.3 Å². The molecule has 0 aromatic heterocycles. The quantitative estimate of drug-likeness (QED) is 0.512. The second-order valence-corrected chi connectivity index (χ2v) is 4.97. The van der Waals surface area contributed by atoms with Gasteiger partial charge in [-0.1, -0.05) is 13.3 Å². The van der Waals surface area contributed by atoms with Crippen molar-refractivity contribution < 1.29 is 15.0 Å². The molecule has 0 aromatic rings. The first-order valence-electron chi connectivity index (χ1n) is 6.36. The third-order valence-electron chi connectivity index (χ3n) is 3.97. The first-order valence-corrected chi connectivity index (χ1v) is 6.36. The molecule has 1 saturated carbocycles. The molecule has 17 heavy (non-hydrogen) atoms. The van der Waals surface area contributed by atoms with Gasteiger partial charge in [-0.15, -0.1) is 0 Å². The summed E-state index contributed by atoms with van der Waals surface area (Å²) >= 11 is 0. The summed E-state index contributed by atoms with van der Waals surface area (Å²) in [5.41, 5.74) is 4.75. The molecule has 0 aliphatic heterocycles. The van der Waals surface area contributed by atoms with Crippen LogP contribution in [0, 0.1) is 11.8 Å². The van der Waals surface area contributed by atoms with Gasteiger partial charge in [0.05, 0.1) is 18.8 Å². The second kappa shape index (κ2) is 6.33. The molecule has 0 radical (unpaired) electrons. The Hall–Kier alpha value is -0.650. The lowest BCUT2D eigenvalue weighted by molar-refractivity contribution is -0.129. The Morgan fingerprint density at radius 3 is 2.53 bits per heavy atom. The summed E-state index contributed by atoms with van der Waals surface area (Å²) < 4.78 is 0. The number of nitrogens with two attached hydrogens (primary N) is 1. The first kappa shape index (κ1) is 14.4. The topological polar surface area (TPSA) is 95.6 Å². The van der Waals surface area contributed by atoms with E-state index in [0.29, 0.717) is 13.0 Å². The molecule has 2 atom stereocenters. The van der Waals surface area contributed by atoms with Crippen LogP contribution in [0.3, 0.4) is 0 Å². The minimum Gasteiger partial charge on any atom is -0.394 e. The van der Waals surface area contributed by atoms with Crippen molar-refractivity contribution in [1.82, 2.24) is 5.32 Å². The molecule has 5 nitrogen and oxygen atoms in total. The molecule has 0 bridgehead atoms. The van der Waals surface area contributed by atoms with Gasteiger partial charge in [-0.25, -0.2) is 0 Å². The number of hydrogen-bond acceptors (Lipinski definition) is 4. The summed E-state index contributed by atoms with van der Waals surface area (Å²) in [5.74, 6) is 0.0915. The highest BCUT2D eigenvalue weighted by Gasteiger charge is 2.36. The van der Waals surface area contributed by atoms with Crippen molar-refractivity contribution in [2.24, 2.45) is 17.6 Å². The van der Waals surface area contributed by atoms with Gasteiger partial charge < -0.3 is 21.3 Å². The van der Waals surface area contributed by atoms with Gasteiger partial charge in [0.15, 0.2) is 0 Å². The van der Waals surface area contributed by atoms with Crippen LogP contribution in [0.2, 0.25) is 0 Å². The summed E-state index contributed by atoms with van der Waals surface area (Å²) in [6.07, 6.45) is 3.37. The monoisotopic (exact) mass is 244 g/mol. The lowest BCUT2D eigenvalue weighted by Gasteiger charge is -2.32. The Labute approximate surface area is 102 Å². The van der Waals surface area contributed by atoms with E-state index in [1.54, 1.807) is 0 Å². The van der Waals surface area contributed by atoms with Crippen LogP contribution in [0.25, 0.3) is 0 Å². The number of carbonyl (C=O) groups excluding carboxylic acids is 1. The maximum atomic E-state index is 12.1. The Morgan fingerprint density at radius 2 is 2.06 bits per heavy atom. The summed E-state index contributed by atoms with van der Waals surface area (Å²) in [4.78, 5) is 12.1. The Balaban J connectivity index is 2.64. The van der Waals surface area contributed by atoms with Gasteiger partial charge in [0, 0.05) is 5.92 Å². The van der Waals surface area contributed by atoms with Gasteiger partial charge in [-0.2, -0.15) is 0 Å². The highest BCUT2D eigenvalue weighted by molar-refractivity contribution is 5.80. The molecule has 1 amide bonds. The van der Waals surface area contributed by atoms with Crippen molar-refractivity contribution in [2.75, 3.05) is 19.8 Å². The minimum atomic E-state index is -0.890. The van der Waals surface area contributed by atoms with Crippen molar-refractivity contribution in [1.29, 1.82) is 0 Å². The van der Waals surface area contributed by atoms with E-state index in [9.17, 15) is 15.0 Å². The minimum absolute atomic E-state index is 0.0657. The Bertz CT molecular complexity index is 246. The van der Waals surface area contributed by atoms with E-state index >= 15 is 0 Å². The fourth-order valence-electron chi connectivity index (χ4n) is 2.46. The molecule has 2 unspecified atom stereocenters. The summed E-state index contributed by atoms with van der Waals surface area (Å²) in [7, 11) is 0. The largest absolute Gasteiger partial charge is 0.394 e. The standard InChI is InChI=1S/C12H24N2O3/c1-2-12(7-15,8-16)14-11(17)10-5-3-4-9(10)6-13/h9-10,15-16H,2-8,13H2,1H3,(H,14,17). The van der Waals surface area contributed by atoms with Gasteiger partial charge in [-0.3, -0.25) is 4.79 Å². The number of aliphatic hydroxyl groups excluding tert-OH is 2. The molecular formula is C12H24N2O3. The van der Waals surface area contributed by atoms with Gasteiger partial charge in [-0.05, 0) is 31.7 Å². The average molecular weight is 244 g/mol. The van der Waals surface area contributed by atoms with E-state index in [4.69, 9.17) is 5.73 Å². The molecule has 0 saturated heterocycles. The highest BCUT2D eigenvalue weighted by atomic mass is 16.3. The molecule has 1 aliphatic carbocycles. The molecule has 0 heterocycles. The number of aliphatic hydroxyl groups is 2. The fourth-order valence-corrected chi connectivity index (χ4v) is 2.46. The molecule has 1 rings (SSSR count). The normalized spacial score (nSPS) is 24.9. The number of hydrogen-bond donors (Lipinski definition) is 4.